The van der Waals surface area contributed by atoms with E-state index in [1.807, 2.05) is 6.07 Å². The zero-order chi connectivity index (χ0) is 20.5. The summed E-state index contributed by atoms with van der Waals surface area (Å²) in [6.07, 6.45) is 4.39. The number of fused-ring (bicyclic) bond motifs is 3. The lowest BCUT2D eigenvalue weighted by atomic mass is 9.93. The third-order valence-corrected chi connectivity index (χ3v) is 6.54. The van der Waals surface area contributed by atoms with Gasteiger partial charge in [0.15, 0.2) is 0 Å². The van der Waals surface area contributed by atoms with Crippen molar-refractivity contribution in [1.29, 1.82) is 0 Å². The van der Waals surface area contributed by atoms with Crippen LogP contribution < -0.4 is 4.90 Å². The molecular formula is C24H30ClN3O. The van der Waals surface area contributed by atoms with E-state index in [-0.39, 0.29) is 6.61 Å². The van der Waals surface area contributed by atoms with Gasteiger partial charge in [-0.25, -0.2) is 4.98 Å². The zero-order valence-electron chi connectivity index (χ0n) is 17.6. The maximum absolute atomic E-state index is 9.98. The minimum Gasteiger partial charge on any atom is -0.392 e. The van der Waals surface area contributed by atoms with Crippen LogP contribution in [0.1, 0.15) is 62.1 Å². The first-order valence-corrected chi connectivity index (χ1v) is 11.1. The fourth-order valence-corrected chi connectivity index (χ4v) is 4.86. The first kappa shape index (κ1) is 20.2. The number of hydrogen-bond donors (Lipinski definition) is 1. The molecular weight excluding hydrogens is 382 g/mol. The third kappa shape index (κ3) is 3.53. The second kappa shape index (κ2) is 8.37. The molecule has 0 aliphatic carbocycles. The number of aliphatic hydroxyl groups excluding tert-OH is 1. The van der Waals surface area contributed by atoms with Gasteiger partial charge in [0.1, 0.15) is 5.52 Å². The fraction of sp³-hybridized carbons (Fsp3) is 0.458. The van der Waals surface area contributed by atoms with Crippen molar-refractivity contribution in [3.05, 3.63) is 52.0 Å². The van der Waals surface area contributed by atoms with Gasteiger partial charge in [0, 0.05) is 24.3 Å². The number of hydrogen-bond acceptors (Lipinski definition) is 3. The summed E-state index contributed by atoms with van der Waals surface area (Å²) >= 11 is 6.62. The van der Waals surface area contributed by atoms with Crippen LogP contribution in [-0.2, 0) is 13.2 Å². The summed E-state index contributed by atoms with van der Waals surface area (Å²) < 4.78 is 2.36. The predicted octanol–water partition coefficient (Wildman–Crippen LogP) is 6.33. The Bertz CT molecular complexity index is 1020. The minimum atomic E-state index is 0.0213. The number of rotatable bonds is 5. The molecule has 0 saturated heterocycles. The summed E-state index contributed by atoms with van der Waals surface area (Å²) in [7, 11) is 0. The van der Waals surface area contributed by atoms with Crippen LogP contribution in [-0.4, -0.2) is 21.2 Å². The van der Waals surface area contributed by atoms with Gasteiger partial charge in [-0.2, -0.15) is 0 Å². The van der Waals surface area contributed by atoms with Crippen LogP contribution in [0.15, 0.2) is 30.3 Å². The number of nitrogens with zero attached hydrogens (tertiary/aromatic N) is 3. The van der Waals surface area contributed by atoms with E-state index < -0.39 is 0 Å². The van der Waals surface area contributed by atoms with E-state index >= 15 is 0 Å². The standard InChI is InChI=1S/C24H30ClN3O/c1-4-17(5-2)19-9-10-20(25)22-23(19)28-13-7-6-12-27(24(28)26-22)21-11-8-16(3)14-18(21)15-29/h8-11,14,17,29H,4-7,12-13,15H2,1-3H3. The maximum atomic E-state index is 9.98. The number of aliphatic hydroxyl groups is 1. The molecule has 1 aliphatic rings. The molecule has 0 atom stereocenters. The molecule has 2 heterocycles. The number of aryl methyl sites for hydroxylation is 2. The Kier molecular flexibility index (Phi) is 5.84. The van der Waals surface area contributed by atoms with Gasteiger partial charge in [-0.05, 0) is 56.2 Å². The largest absolute Gasteiger partial charge is 0.392 e. The van der Waals surface area contributed by atoms with Crippen molar-refractivity contribution in [2.24, 2.45) is 0 Å². The van der Waals surface area contributed by atoms with Gasteiger partial charge in [-0.15, -0.1) is 0 Å². The van der Waals surface area contributed by atoms with E-state index in [9.17, 15) is 5.11 Å². The summed E-state index contributed by atoms with van der Waals surface area (Å²) in [5, 5.41) is 10.7. The summed E-state index contributed by atoms with van der Waals surface area (Å²) in [6, 6.07) is 10.5. The summed E-state index contributed by atoms with van der Waals surface area (Å²) in [5.74, 6) is 1.44. The van der Waals surface area contributed by atoms with E-state index in [1.165, 1.54) is 11.1 Å². The van der Waals surface area contributed by atoms with E-state index in [1.54, 1.807) is 0 Å². The molecule has 1 N–H and O–H groups in total. The Hall–Kier alpha value is -2.04. The Labute approximate surface area is 178 Å². The number of anilines is 2. The Balaban J connectivity index is 1.96. The van der Waals surface area contributed by atoms with Gasteiger partial charge in [0.25, 0.3) is 0 Å². The highest BCUT2D eigenvalue weighted by atomic mass is 35.5. The second-order valence-corrected chi connectivity index (χ2v) is 8.47. The molecule has 3 aromatic rings. The lowest BCUT2D eigenvalue weighted by molar-refractivity contribution is 0.282. The van der Waals surface area contributed by atoms with Gasteiger partial charge in [-0.3, -0.25) is 0 Å². The monoisotopic (exact) mass is 411 g/mol. The van der Waals surface area contributed by atoms with E-state index in [0.717, 1.165) is 67.1 Å². The van der Waals surface area contributed by atoms with Gasteiger partial charge < -0.3 is 14.6 Å². The SMILES string of the molecule is CCC(CC)c1ccc(Cl)c2nc3n(c12)CCCCN3c1ccc(C)cc1CO. The Morgan fingerprint density at radius 1 is 1.10 bits per heavy atom. The molecule has 0 spiro atoms. The van der Waals surface area contributed by atoms with Gasteiger partial charge in [0.05, 0.1) is 17.1 Å². The van der Waals surface area contributed by atoms with Gasteiger partial charge in [0.2, 0.25) is 5.95 Å². The van der Waals surface area contributed by atoms with Gasteiger partial charge >= 0.3 is 0 Å². The van der Waals surface area contributed by atoms with E-state index in [2.05, 4.69) is 54.5 Å². The molecule has 0 bridgehead atoms. The van der Waals surface area contributed by atoms with E-state index in [0.29, 0.717) is 10.9 Å². The Morgan fingerprint density at radius 2 is 1.86 bits per heavy atom. The molecule has 0 saturated carbocycles. The number of aromatic nitrogens is 2. The fourth-order valence-electron chi connectivity index (χ4n) is 4.67. The van der Waals surface area contributed by atoms with Crippen molar-refractivity contribution in [2.75, 3.05) is 11.4 Å². The molecule has 1 aromatic heterocycles. The highest BCUT2D eigenvalue weighted by Gasteiger charge is 2.26. The smallest absolute Gasteiger partial charge is 0.211 e. The number of halogens is 1. The van der Waals surface area contributed by atoms with Crippen molar-refractivity contribution < 1.29 is 5.11 Å². The van der Waals surface area contributed by atoms with Crippen LogP contribution >= 0.6 is 11.6 Å². The molecule has 0 fully saturated rings. The molecule has 5 heteroatoms. The van der Waals surface area contributed by atoms with Crippen LogP contribution in [0.5, 0.6) is 0 Å². The average Bonchev–Trinajstić information content (AvgIpc) is 2.99. The molecule has 2 aromatic carbocycles. The highest BCUT2D eigenvalue weighted by Crippen LogP contribution is 2.40. The molecule has 0 amide bonds. The molecule has 4 nitrogen and oxygen atoms in total. The average molecular weight is 412 g/mol. The first-order chi connectivity index (χ1) is 14.1. The van der Waals surface area contributed by atoms with Crippen molar-refractivity contribution in [1.82, 2.24) is 9.55 Å². The van der Waals surface area contributed by atoms with E-state index in [4.69, 9.17) is 16.6 Å². The molecule has 0 radical (unpaired) electrons. The topological polar surface area (TPSA) is 41.3 Å². The quantitative estimate of drug-likeness (QED) is 0.533. The minimum absolute atomic E-state index is 0.0213. The summed E-state index contributed by atoms with van der Waals surface area (Å²) in [4.78, 5) is 7.32. The lowest BCUT2D eigenvalue weighted by Gasteiger charge is -2.25. The first-order valence-electron chi connectivity index (χ1n) is 10.8. The number of benzene rings is 2. The van der Waals surface area contributed by atoms with Gasteiger partial charge in [-0.1, -0.05) is 49.2 Å². The van der Waals surface area contributed by atoms with Crippen molar-refractivity contribution in [2.45, 2.75) is 65.5 Å². The normalized spacial score (nSPS) is 14.5. The zero-order valence-corrected chi connectivity index (χ0v) is 18.3. The van der Waals surface area contributed by atoms with Crippen LogP contribution in [0.2, 0.25) is 5.02 Å². The highest BCUT2D eigenvalue weighted by molar-refractivity contribution is 6.35. The van der Waals surface area contributed by atoms with Crippen LogP contribution in [0.3, 0.4) is 0 Å². The van der Waals surface area contributed by atoms with Crippen molar-refractivity contribution >= 4 is 34.3 Å². The van der Waals surface area contributed by atoms with Crippen molar-refractivity contribution in [3.8, 4) is 0 Å². The number of imidazole rings is 1. The molecule has 29 heavy (non-hydrogen) atoms. The predicted molar refractivity (Wildman–Crippen MR) is 121 cm³/mol. The molecule has 1 aliphatic heterocycles. The van der Waals surface area contributed by atoms with Crippen LogP contribution in [0.4, 0.5) is 11.6 Å². The second-order valence-electron chi connectivity index (χ2n) is 8.06. The molecule has 0 unspecified atom stereocenters. The maximum Gasteiger partial charge on any atom is 0.211 e. The van der Waals surface area contributed by atoms with Crippen LogP contribution in [0.25, 0.3) is 11.0 Å². The Morgan fingerprint density at radius 3 is 2.59 bits per heavy atom. The lowest BCUT2D eigenvalue weighted by Crippen LogP contribution is -2.21. The van der Waals surface area contributed by atoms with Crippen molar-refractivity contribution in [3.63, 3.8) is 0 Å². The summed E-state index contributed by atoms with van der Waals surface area (Å²) in [6.45, 7) is 8.41. The molecule has 154 valence electrons. The molecule has 4 rings (SSSR count). The van der Waals surface area contributed by atoms with Crippen LogP contribution in [0, 0.1) is 6.92 Å². The third-order valence-electron chi connectivity index (χ3n) is 6.23. The summed E-state index contributed by atoms with van der Waals surface area (Å²) in [5.41, 5.74) is 6.57.